The van der Waals surface area contributed by atoms with Crippen molar-refractivity contribution in [2.45, 2.75) is 11.1 Å². The van der Waals surface area contributed by atoms with Crippen LogP contribution in [0.15, 0.2) is 53.4 Å². The summed E-state index contributed by atoms with van der Waals surface area (Å²) in [5.41, 5.74) is -1.74. The number of rotatable bonds is 4. The Labute approximate surface area is 124 Å². The van der Waals surface area contributed by atoms with Crippen LogP contribution in [0, 0.1) is 0 Å². The van der Waals surface area contributed by atoms with E-state index in [1.54, 1.807) is 6.07 Å². The number of carbonyl (C=O) groups excluding carboxylic acids is 1. The molecule has 0 amide bonds. The Morgan fingerprint density at radius 1 is 1.00 bits per heavy atom. The Kier molecular flexibility index (Phi) is 4.23. The molecule has 0 N–H and O–H groups in total. The summed E-state index contributed by atoms with van der Waals surface area (Å²) in [6.07, 6.45) is -4.64. The van der Waals surface area contributed by atoms with Gasteiger partial charge in [0.15, 0.2) is 6.29 Å². The average molecular weight is 330 g/mol. The lowest BCUT2D eigenvalue weighted by Gasteiger charge is -2.11. The quantitative estimate of drug-likeness (QED) is 0.637. The molecule has 2 aromatic rings. The van der Waals surface area contributed by atoms with Crippen LogP contribution in [-0.2, 0) is 16.3 Å². The summed E-state index contributed by atoms with van der Waals surface area (Å²) in [6.45, 7) is 0. The van der Waals surface area contributed by atoms with Crippen molar-refractivity contribution in [3.8, 4) is 5.75 Å². The molecule has 0 saturated carbocycles. The first-order valence-electron chi connectivity index (χ1n) is 5.90. The molecule has 0 aliphatic heterocycles. The molecule has 0 fully saturated rings. The normalized spacial score (nSPS) is 12.0. The molecule has 0 heterocycles. The van der Waals surface area contributed by atoms with Gasteiger partial charge in [0.2, 0.25) is 0 Å². The van der Waals surface area contributed by atoms with Gasteiger partial charge in [-0.3, -0.25) is 4.79 Å². The van der Waals surface area contributed by atoms with E-state index in [0.29, 0.717) is 18.2 Å². The van der Waals surface area contributed by atoms with Crippen LogP contribution in [0.5, 0.6) is 5.75 Å². The SMILES string of the molecule is O=Cc1cc(C(F)(F)F)ccc1S(=O)(=O)Oc1ccccc1. The van der Waals surface area contributed by atoms with E-state index < -0.39 is 32.3 Å². The van der Waals surface area contributed by atoms with Crippen molar-refractivity contribution in [3.63, 3.8) is 0 Å². The summed E-state index contributed by atoms with van der Waals surface area (Å²) in [6, 6.07) is 9.16. The van der Waals surface area contributed by atoms with Crippen LogP contribution in [0.4, 0.5) is 13.2 Å². The van der Waals surface area contributed by atoms with Crippen molar-refractivity contribution < 1.29 is 30.6 Å². The lowest BCUT2D eigenvalue weighted by Crippen LogP contribution is -2.14. The molecule has 0 aromatic heterocycles. The van der Waals surface area contributed by atoms with Gasteiger partial charge < -0.3 is 4.18 Å². The summed E-state index contributed by atoms with van der Waals surface area (Å²) in [4.78, 5) is 10.3. The molecule has 0 aliphatic rings. The standard InChI is InChI=1S/C14H9F3O4S/c15-14(16,17)11-6-7-13(10(8-11)9-18)22(19,20)21-12-4-2-1-3-5-12/h1-9H. The highest BCUT2D eigenvalue weighted by atomic mass is 32.2. The maximum Gasteiger partial charge on any atom is 0.416 e. The Balaban J connectivity index is 2.45. The Morgan fingerprint density at radius 2 is 1.64 bits per heavy atom. The lowest BCUT2D eigenvalue weighted by molar-refractivity contribution is -0.137. The van der Waals surface area contributed by atoms with Gasteiger partial charge in [0.05, 0.1) is 5.56 Å². The van der Waals surface area contributed by atoms with Crippen LogP contribution in [0.2, 0.25) is 0 Å². The number of hydrogen-bond donors (Lipinski definition) is 0. The fraction of sp³-hybridized carbons (Fsp3) is 0.0714. The molecule has 0 bridgehead atoms. The van der Waals surface area contributed by atoms with E-state index in [0.717, 1.165) is 0 Å². The molecule has 2 rings (SSSR count). The van der Waals surface area contributed by atoms with Crippen LogP contribution in [0.1, 0.15) is 15.9 Å². The monoisotopic (exact) mass is 330 g/mol. The minimum atomic E-state index is -4.68. The van der Waals surface area contributed by atoms with Crippen molar-refractivity contribution in [2.24, 2.45) is 0 Å². The molecule has 22 heavy (non-hydrogen) atoms. The molecular weight excluding hydrogens is 321 g/mol. The van der Waals surface area contributed by atoms with Crippen LogP contribution in [0.3, 0.4) is 0 Å². The lowest BCUT2D eigenvalue weighted by atomic mass is 10.1. The second kappa shape index (κ2) is 5.80. The third kappa shape index (κ3) is 3.45. The molecule has 0 unspecified atom stereocenters. The molecule has 8 heteroatoms. The highest BCUT2D eigenvalue weighted by Gasteiger charge is 2.32. The molecule has 4 nitrogen and oxygen atoms in total. The zero-order valence-electron chi connectivity index (χ0n) is 10.9. The summed E-state index contributed by atoms with van der Waals surface area (Å²) in [5.74, 6) is -0.0146. The van der Waals surface area contributed by atoms with E-state index in [4.69, 9.17) is 4.18 Å². The second-order valence-electron chi connectivity index (χ2n) is 4.22. The molecule has 0 radical (unpaired) electrons. The van der Waals surface area contributed by atoms with Crippen molar-refractivity contribution in [3.05, 3.63) is 59.7 Å². The van der Waals surface area contributed by atoms with Gasteiger partial charge >= 0.3 is 16.3 Å². The van der Waals surface area contributed by atoms with E-state index >= 15 is 0 Å². The molecule has 116 valence electrons. The van der Waals surface area contributed by atoms with E-state index in [-0.39, 0.29) is 12.0 Å². The van der Waals surface area contributed by atoms with Gasteiger partial charge in [0.1, 0.15) is 10.6 Å². The predicted molar refractivity (Wildman–Crippen MR) is 71.1 cm³/mol. The molecule has 0 atom stereocenters. The highest BCUT2D eigenvalue weighted by molar-refractivity contribution is 7.87. The largest absolute Gasteiger partial charge is 0.416 e. The maximum absolute atomic E-state index is 12.6. The number of halogens is 3. The minimum absolute atomic E-state index is 0.0146. The van der Waals surface area contributed by atoms with Crippen molar-refractivity contribution in [2.75, 3.05) is 0 Å². The van der Waals surface area contributed by atoms with Gasteiger partial charge in [-0.1, -0.05) is 18.2 Å². The van der Waals surface area contributed by atoms with Crippen LogP contribution in [0.25, 0.3) is 0 Å². The zero-order valence-corrected chi connectivity index (χ0v) is 11.7. The summed E-state index contributed by atoms with van der Waals surface area (Å²) < 4.78 is 66.7. The van der Waals surface area contributed by atoms with E-state index in [1.807, 2.05) is 0 Å². The molecule has 0 saturated heterocycles. The van der Waals surface area contributed by atoms with Gasteiger partial charge in [-0.15, -0.1) is 0 Å². The Hall–Kier alpha value is -2.35. The number of hydrogen-bond acceptors (Lipinski definition) is 4. The number of para-hydroxylation sites is 1. The number of alkyl halides is 3. The third-order valence-electron chi connectivity index (χ3n) is 2.68. The first-order valence-corrected chi connectivity index (χ1v) is 7.31. The Morgan fingerprint density at radius 3 is 2.18 bits per heavy atom. The first kappa shape index (κ1) is 16.0. The van der Waals surface area contributed by atoms with Crippen LogP contribution < -0.4 is 4.18 Å². The van der Waals surface area contributed by atoms with Gasteiger partial charge in [0, 0.05) is 5.56 Å². The minimum Gasteiger partial charge on any atom is -0.379 e. The van der Waals surface area contributed by atoms with Gasteiger partial charge in [-0.25, -0.2) is 0 Å². The second-order valence-corrected chi connectivity index (χ2v) is 5.73. The van der Waals surface area contributed by atoms with Gasteiger partial charge in [-0.05, 0) is 30.3 Å². The fourth-order valence-electron chi connectivity index (χ4n) is 1.69. The van der Waals surface area contributed by atoms with Crippen molar-refractivity contribution in [1.82, 2.24) is 0 Å². The first-order chi connectivity index (χ1) is 10.2. The van der Waals surface area contributed by atoms with Crippen molar-refractivity contribution in [1.29, 1.82) is 0 Å². The molecule has 0 spiro atoms. The van der Waals surface area contributed by atoms with Crippen molar-refractivity contribution >= 4 is 16.4 Å². The number of benzene rings is 2. The van der Waals surface area contributed by atoms with Crippen LogP contribution >= 0.6 is 0 Å². The topological polar surface area (TPSA) is 60.4 Å². The number of carbonyl (C=O) groups is 1. The highest BCUT2D eigenvalue weighted by Crippen LogP contribution is 2.31. The van der Waals surface area contributed by atoms with E-state index in [2.05, 4.69) is 0 Å². The predicted octanol–water partition coefficient (Wildman–Crippen LogP) is 3.29. The van der Waals surface area contributed by atoms with Crippen LogP contribution in [-0.4, -0.2) is 14.7 Å². The van der Waals surface area contributed by atoms with E-state index in [1.165, 1.54) is 24.3 Å². The van der Waals surface area contributed by atoms with E-state index in [9.17, 15) is 26.4 Å². The number of aldehydes is 1. The average Bonchev–Trinajstić information content (AvgIpc) is 2.46. The Bertz CT molecular complexity index is 783. The summed E-state index contributed by atoms with van der Waals surface area (Å²) in [7, 11) is -4.42. The van der Waals surface area contributed by atoms with Gasteiger partial charge in [-0.2, -0.15) is 21.6 Å². The smallest absolute Gasteiger partial charge is 0.379 e. The fourth-order valence-corrected chi connectivity index (χ4v) is 2.78. The molecular formula is C14H9F3O4S. The molecule has 2 aromatic carbocycles. The van der Waals surface area contributed by atoms with Gasteiger partial charge in [0.25, 0.3) is 0 Å². The summed E-state index contributed by atoms with van der Waals surface area (Å²) in [5, 5.41) is 0. The zero-order chi connectivity index (χ0) is 16.4. The summed E-state index contributed by atoms with van der Waals surface area (Å²) >= 11 is 0. The molecule has 0 aliphatic carbocycles. The third-order valence-corrected chi connectivity index (χ3v) is 4.00. The maximum atomic E-state index is 12.6.